The summed E-state index contributed by atoms with van der Waals surface area (Å²) in [6, 6.07) is 1.23. The minimum Gasteiger partial charge on any atom is -0.477 e. The van der Waals surface area contributed by atoms with E-state index in [1.165, 1.54) is 21.1 Å². The second kappa shape index (κ2) is 5.11. The monoisotopic (exact) mass is 314 g/mol. The van der Waals surface area contributed by atoms with E-state index in [2.05, 4.69) is 0 Å². The first-order valence-corrected chi connectivity index (χ1v) is 8.45. The molecule has 0 amide bonds. The van der Waals surface area contributed by atoms with Crippen molar-refractivity contribution in [2.24, 2.45) is 0 Å². The smallest absolute Gasteiger partial charge is 0.352 e. The number of sulfonamides is 1. The maximum absolute atomic E-state index is 12.7. The normalized spacial score (nSPS) is 26.1. The summed E-state index contributed by atoms with van der Waals surface area (Å²) in [6.45, 7) is 2.88. The van der Waals surface area contributed by atoms with E-state index in [0.29, 0.717) is 19.6 Å². The van der Waals surface area contributed by atoms with Crippen LogP contribution in [0.3, 0.4) is 0 Å². The predicted octanol–water partition coefficient (Wildman–Crippen LogP) is 0.758. The molecule has 3 rings (SSSR count). The van der Waals surface area contributed by atoms with Crippen LogP contribution in [0.2, 0.25) is 0 Å². The molecule has 2 fully saturated rings. The van der Waals surface area contributed by atoms with Crippen molar-refractivity contribution >= 4 is 16.0 Å². The lowest BCUT2D eigenvalue weighted by atomic mass is 10.2. The number of morpholine rings is 1. The second-order valence-corrected chi connectivity index (χ2v) is 7.37. The van der Waals surface area contributed by atoms with Gasteiger partial charge in [0.05, 0.1) is 12.2 Å². The van der Waals surface area contributed by atoms with Crippen molar-refractivity contribution in [1.82, 2.24) is 8.87 Å². The summed E-state index contributed by atoms with van der Waals surface area (Å²) in [5.41, 5.74) is -0.00712. The molecule has 2 unspecified atom stereocenters. The lowest BCUT2D eigenvalue weighted by molar-refractivity contribution is -0.0114. The molecule has 2 aliphatic heterocycles. The highest BCUT2D eigenvalue weighted by atomic mass is 32.2. The van der Waals surface area contributed by atoms with E-state index in [9.17, 15) is 13.2 Å². The molecule has 0 radical (unpaired) electrons. The number of carboxylic acids is 1. The molecule has 2 bridgehead atoms. The van der Waals surface area contributed by atoms with Gasteiger partial charge >= 0.3 is 5.97 Å². The Morgan fingerprint density at radius 1 is 1.38 bits per heavy atom. The van der Waals surface area contributed by atoms with Gasteiger partial charge in [0.1, 0.15) is 10.6 Å². The molecule has 3 heterocycles. The van der Waals surface area contributed by atoms with Gasteiger partial charge in [-0.25, -0.2) is 13.2 Å². The predicted molar refractivity (Wildman–Crippen MR) is 73.7 cm³/mol. The SMILES string of the molecule is CCn1cc(S(=O)(=O)N2CC3CCC(C2)O3)cc1C(=O)O. The Balaban J connectivity index is 1.93. The zero-order chi connectivity index (χ0) is 15.2. The van der Waals surface area contributed by atoms with E-state index in [4.69, 9.17) is 9.84 Å². The van der Waals surface area contributed by atoms with E-state index in [1.807, 2.05) is 0 Å². The molecule has 0 aliphatic carbocycles. The van der Waals surface area contributed by atoms with Crippen LogP contribution in [0, 0.1) is 0 Å². The zero-order valence-electron chi connectivity index (χ0n) is 11.7. The minimum atomic E-state index is -3.66. The van der Waals surface area contributed by atoms with Crippen molar-refractivity contribution in [1.29, 1.82) is 0 Å². The van der Waals surface area contributed by atoms with Crippen LogP contribution in [0.4, 0.5) is 0 Å². The maximum Gasteiger partial charge on any atom is 0.352 e. The van der Waals surface area contributed by atoms with Crippen LogP contribution in [0.5, 0.6) is 0 Å². The van der Waals surface area contributed by atoms with Gasteiger partial charge in [0.15, 0.2) is 0 Å². The molecule has 0 saturated carbocycles. The number of nitrogens with zero attached hydrogens (tertiary/aromatic N) is 2. The standard InChI is InChI=1S/C13H18N2O5S/c1-2-14-8-11(5-12(14)13(16)17)21(18,19)15-6-9-3-4-10(7-15)20-9/h5,8-10H,2-4,6-7H2,1H3,(H,16,17). The van der Waals surface area contributed by atoms with E-state index >= 15 is 0 Å². The number of hydrogen-bond donors (Lipinski definition) is 1. The Labute approximate surface area is 123 Å². The summed E-state index contributed by atoms with van der Waals surface area (Å²) in [7, 11) is -3.66. The molecule has 7 nitrogen and oxygen atoms in total. The Kier molecular flexibility index (Phi) is 3.54. The molecule has 116 valence electrons. The fourth-order valence-corrected chi connectivity index (χ4v) is 4.53. The average Bonchev–Trinajstić information content (AvgIpc) is 3.02. The number of carboxylic acid groups (broad SMARTS) is 1. The van der Waals surface area contributed by atoms with E-state index in [-0.39, 0.29) is 22.8 Å². The summed E-state index contributed by atoms with van der Waals surface area (Å²) in [4.78, 5) is 11.2. The van der Waals surface area contributed by atoms with Gasteiger partial charge in [-0.15, -0.1) is 0 Å². The molecular weight excluding hydrogens is 296 g/mol. The Bertz CT molecular complexity index is 654. The molecule has 1 N–H and O–H groups in total. The van der Waals surface area contributed by atoms with Gasteiger partial charge in [-0.3, -0.25) is 0 Å². The average molecular weight is 314 g/mol. The van der Waals surface area contributed by atoms with Crippen LogP contribution >= 0.6 is 0 Å². The maximum atomic E-state index is 12.7. The number of fused-ring (bicyclic) bond motifs is 2. The quantitative estimate of drug-likeness (QED) is 0.886. The van der Waals surface area contributed by atoms with Gasteiger partial charge < -0.3 is 14.4 Å². The fraction of sp³-hybridized carbons (Fsp3) is 0.615. The first-order valence-electron chi connectivity index (χ1n) is 7.01. The number of carbonyl (C=O) groups is 1. The van der Waals surface area contributed by atoms with Crippen molar-refractivity contribution in [2.45, 2.75) is 43.4 Å². The minimum absolute atomic E-state index is 0.00712. The summed E-state index contributed by atoms with van der Waals surface area (Å²) in [6.07, 6.45) is 3.09. The van der Waals surface area contributed by atoms with Crippen LogP contribution in [-0.2, 0) is 21.3 Å². The Hall–Kier alpha value is -1.38. The number of aromatic nitrogens is 1. The highest BCUT2D eigenvalue weighted by molar-refractivity contribution is 7.89. The Morgan fingerprint density at radius 2 is 2.00 bits per heavy atom. The summed E-state index contributed by atoms with van der Waals surface area (Å²) >= 11 is 0. The number of aromatic carboxylic acids is 1. The van der Waals surface area contributed by atoms with Crippen molar-refractivity contribution in [3.63, 3.8) is 0 Å². The van der Waals surface area contributed by atoms with Gasteiger partial charge in [-0.1, -0.05) is 0 Å². The van der Waals surface area contributed by atoms with Crippen molar-refractivity contribution in [2.75, 3.05) is 13.1 Å². The lowest BCUT2D eigenvalue weighted by Crippen LogP contribution is -2.45. The number of hydrogen-bond acceptors (Lipinski definition) is 4. The highest BCUT2D eigenvalue weighted by Gasteiger charge is 2.39. The third-order valence-corrected chi connectivity index (χ3v) is 5.88. The molecule has 0 aromatic carbocycles. The largest absolute Gasteiger partial charge is 0.477 e. The number of rotatable bonds is 4. The van der Waals surface area contributed by atoms with Crippen molar-refractivity contribution < 1.29 is 23.1 Å². The van der Waals surface area contributed by atoms with E-state index in [1.54, 1.807) is 6.92 Å². The molecule has 2 aliphatic rings. The van der Waals surface area contributed by atoms with Crippen molar-refractivity contribution in [3.05, 3.63) is 18.0 Å². The summed E-state index contributed by atoms with van der Waals surface area (Å²) in [5.74, 6) is -1.12. The van der Waals surface area contributed by atoms with Gasteiger partial charge in [0, 0.05) is 25.8 Å². The molecule has 8 heteroatoms. The molecule has 2 saturated heterocycles. The highest BCUT2D eigenvalue weighted by Crippen LogP contribution is 2.30. The fourth-order valence-electron chi connectivity index (χ4n) is 2.99. The van der Waals surface area contributed by atoms with Crippen LogP contribution in [-0.4, -0.2) is 53.7 Å². The van der Waals surface area contributed by atoms with E-state index < -0.39 is 16.0 Å². The Morgan fingerprint density at radius 3 is 2.48 bits per heavy atom. The van der Waals surface area contributed by atoms with Gasteiger partial charge in [-0.2, -0.15) is 4.31 Å². The molecule has 1 aromatic heterocycles. The van der Waals surface area contributed by atoms with Crippen molar-refractivity contribution in [3.8, 4) is 0 Å². The molecule has 21 heavy (non-hydrogen) atoms. The van der Waals surface area contributed by atoms with Crippen LogP contribution in [0.1, 0.15) is 30.3 Å². The third-order valence-electron chi connectivity index (χ3n) is 4.08. The van der Waals surface area contributed by atoms with Gasteiger partial charge in [0.25, 0.3) is 0 Å². The first kappa shape index (κ1) is 14.6. The number of aryl methyl sites for hydroxylation is 1. The molecular formula is C13H18N2O5S. The zero-order valence-corrected chi connectivity index (χ0v) is 12.5. The summed E-state index contributed by atoms with van der Waals surface area (Å²) < 4.78 is 33.8. The van der Waals surface area contributed by atoms with Crippen LogP contribution in [0.25, 0.3) is 0 Å². The summed E-state index contributed by atoms with van der Waals surface area (Å²) in [5, 5.41) is 9.13. The number of ether oxygens (including phenoxy) is 1. The van der Waals surface area contributed by atoms with Crippen LogP contribution < -0.4 is 0 Å². The first-order chi connectivity index (χ1) is 9.91. The molecule has 1 aromatic rings. The second-order valence-electron chi connectivity index (χ2n) is 5.43. The van der Waals surface area contributed by atoms with Crippen LogP contribution in [0.15, 0.2) is 17.2 Å². The molecule has 2 atom stereocenters. The van der Waals surface area contributed by atoms with E-state index in [0.717, 1.165) is 12.8 Å². The van der Waals surface area contributed by atoms with Gasteiger partial charge in [0.2, 0.25) is 10.0 Å². The topological polar surface area (TPSA) is 88.8 Å². The third kappa shape index (κ3) is 2.47. The lowest BCUT2D eigenvalue weighted by Gasteiger charge is -2.30. The van der Waals surface area contributed by atoms with Gasteiger partial charge in [-0.05, 0) is 25.8 Å². The molecule has 0 spiro atoms.